The smallest absolute Gasteiger partial charge is 0.172 e. The Labute approximate surface area is 427 Å². The van der Waals surface area contributed by atoms with Gasteiger partial charge in [0.15, 0.2) is 11.4 Å². The van der Waals surface area contributed by atoms with Gasteiger partial charge in [0.1, 0.15) is 0 Å². The van der Waals surface area contributed by atoms with E-state index in [1.807, 2.05) is 108 Å². The Morgan fingerprint density at radius 1 is 0.721 bits per heavy atom. The number of fused-ring (bicyclic) bond motifs is 4. The zero-order chi connectivity index (χ0) is 53.3. The summed E-state index contributed by atoms with van der Waals surface area (Å²) in [5.41, 5.74) is 11.0. The molecule has 0 amide bonds. The minimum Gasteiger partial charge on any atom is -0.497 e. The molecule has 4 nitrogen and oxygen atoms in total. The first-order valence-corrected chi connectivity index (χ1v) is 26.8. The summed E-state index contributed by atoms with van der Waals surface area (Å²) in [5, 5.41) is 3.05. The Balaban J connectivity index is 0.000000239. The van der Waals surface area contributed by atoms with Crippen molar-refractivity contribution < 1.29 is 37.1 Å². The summed E-state index contributed by atoms with van der Waals surface area (Å²) in [5.74, 6) is 0.966. The molecular weight excluding hydrogens is 1030 g/mol. The molecule has 3 aromatic heterocycles. The number of furan rings is 1. The zero-order valence-corrected chi connectivity index (χ0v) is 45.0. The van der Waals surface area contributed by atoms with E-state index in [0.29, 0.717) is 45.4 Å². The van der Waals surface area contributed by atoms with Crippen LogP contribution in [0.25, 0.3) is 72.4 Å². The largest absolute Gasteiger partial charge is 0.497 e. The minimum atomic E-state index is -2.25. The van der Waals surface area contributed by atoms with E-state index >= 15 is 4.39 Å². The van der Waals surface area contributed by atoms with E-state index in [9.17, 15) is 0 Å². The maximum atomic E-state index is 16.1. The molecule has 1 radical (unpaired) electrons. The molecule has 0 aliphatic heterocycles. The number of para-hydroxylation sites is 2. The van der Waals surface area contributed by atoms with Crippen molar-refractivity contribution in [2.24, 2.45) is 0 Å². The molecule has 7 heteroatoms. The predicted octanol–water partition coefficient (Wildman–Crippen LogP) is 16.7. The summed E-state index contributed by atoms with van der Waals surface area (Å²) in [6.45, 7) is 23.6. The van der Waals surface area contributed by atoms with Crippen LogP contribution in [0.1, 0.15) is 123 Å². The van der Waals surface area contributed by atoms with Crippen LogP contribution in [-0.2, 0) is 30.9 Å². The standard InChI is InChI=1S/C40H38FN2OSi.C21H28N.Ir/c1-24(2)32-22-27(45(5,6)7)23-33(25(3)4)37(32)43-35-19-12-11-18-34(35)42-40(43)31-17-13-16-29-30-21-20-28(26-14-9-8-10-15-26)36(41)39(30)44-38(29)31;1-14-9-10-16(11-17(14)20(3,4)5)19-12-18(21(6,7)8)15(2)13-22-19;/h8-16,18-25H,1-7H3;9,11-13H,1-8H3;/q2*-1;/i;1D3,2D3;. The third-order valence-electron chi connectivity index (χ3n) is 12.7. The van der Waals surface area contributed by atoms with Crippen LogP contribution in [0.3, 0.4) is 0 Å². The van der Waals surface area contributed by atoms with E-state index in [2.05, 4.69) is 99.4 Å². The molecule has 9 rings (SSSR count). The molecular formula is C61H66FIrN3OSi-2. The first kappa shape index (κ1) is 42.6. The number of benzene rings is 6. The Bertz CT molecular complexity index is 3420. The summed E-state index contributed by atoms with van der Waals surface area (Å²) in [6, 6.07) is 42.0. The van der Waals surface area contributed by atoms with Gasteiger partial charge >= 0.3 is 0 Å². The first-order chi connectivity index (χ1) is 34.0. The number of rotatable bonds is 7. The Morgan fingerprint density at radius 2 is 1.34 bits per heavy atom. The Morgan fingerprint density at radius 3 is 1.96 bits per heavy atom. The van der Waals surface area contributed by atoms with Crippen LogP contribution in [0.2, 0.25) is 19.6 Å². The molecule has 0 saturated heterocycles. The molecule has 0 aliphatic carbocycles. The summed E-state index contributed by atoms with van der Waals surface area (Å²) >= 11 is 0. The SMILES string of the molecule is CC(C)c1cc([Si](C)(C)C)cc(C(C)C)c1-n1c(-c2[c-]ccc3c2oc2c(F)c(-c4ccccc4)ccc23)nc2ccccc21.[2H]C([2H])([2H])c1c[c-]c(-c2cc(C(C)(C)C)c(C([2H])([2H])[2H])cn2)cc1C(C)(C)C.[Ir]. The van der Waals surface area contributed by atoms with Crippen LogP contribution in [0, 0.1) is 31.7 Å². The van der Waals surface area contributed by atoms with Gasteiger partial charge in [0.25, 0.3) is 0 Å². The molecule has 0 aliphatic rings. The van der Waals surface area contributed by atoms with Crippen molar-refractivity contribution in [3.8, 4) is 39.5 Å². The average Bonchev–Trinajstić information content (AvgIpc) is 3.89. The molecule has 0 bridgehead atoms. The van der Waals surface area contributed by atoms with Gasteiger partial charge in [-0.3, -0.25) is 4.98 Å². The average molecular weight is 1100 g/mol. The number of hydrogen-bond donors (Lipinski definition) is 0. The van der Waals surface area contributed by atoms with Crippen molar-refractivity contribution in [2.45, 2.75) is 125 Å². The van der Waals surface area contributed by atoms with Crippen molar-refractivity contribution in [1.29, 1.82) is 0 Å². The van der Waals surface area contributed by atoms with E-state index in [1.54, 1.807) is 6.07 Å². The molecule has 0 unspecified atom stereocenters. The maximum Gasteiger partial charge on any atom is 0.172 e. The molecule has 9 aromatic rings. The summed E-state index contributed by atoms with van der Waals surface area (Å²) in [7, 11) is -1.60. The van der Waals surface area contributed by atoms with Gasteiger partial charge in [0, 0.05) is 51.2 Å². The maximum absolute atomic E-state index is 16.1. The monoisotopic (exact) mass is 1100 g/mol. The van der Waals surface area contributed by atoms with E-state index in [1.165, 1.54) is 34.3 Å². The quantitative estimate of drug-likeness (QED) is 0.118. The second kappa shape index (κ2) is 19.1. The van der Waals surface area contributed by atoms with Gasteiger partial charge in [-0.05, 0) is 75.2 Å². The fourth-order valence-electron chi connectivity index (χ4n) is 8.93. The van der Waals surface area contributed by atoms with Crippen LogP contribution in [0.5, 0.6) is 0 Å². The van der Waals surface area contributed by atoms with Gasteiger partial charge in [-0.1, -0.05) is 185 Å². The number of halogens is 1. The molecule has 6 aromatic carbocycles. The van der Waals surface area contributed by atoms with Crippen molar-refractivity contribution in [1.82, 2.24) is 14.5 Å². The molecule has 0 fully saturated rings. The van der Waals surface area contributed by atoms with Gasteiger partial charge in [-0.2, -0.15) is 0 Å². The molecule has 0 N–H and O–H groups in total. The van der Waals surface area contributed by atoms with Gasteiger partial charge in [0.05, 0.1) is 30.5 Å². The van der Waals surface area contributed by atoms with E-state index in [-0.39, 0.29) is 53.5 Å². The number of hydrogen-bond acceptors (Lipinski definition) is 3. The fourth-order valence-corrected chi connectivity index (χ4v) is 10.1. The number of imidazole rings is 1. The van der Waals surface area contributed by atoms with Gasteiger partial charge in [0.2, 0.25) is 0 Å². The first-order valence-electron chi connectivity index (χ1n) is 26.3. The van der Waals surface area contributed by atoms with Crippen molar-refractivity contribution in [3.05, 3.63) is 167 Å². The predicted molar refractivity (Wildman–Crippen MR) is 285 cm³/mol. The Hall–Kier alpha value is -5.46. The van der Waals surface area contributed by atoms with Crippen molar-refractivity contribution >= 4 is 46.2 Å². The second-order valence-electron chi connectivity index (χ2n) is 21.5. The summed E-state index contributed by atoms with van der Waals surface area (Å²) < 4.78 is 71.8. The normalized spacial score (nSPS) is 13.9. The molecule has 0 saturated carbocycles. The zero-order valence-electron chi connectivity index (χ0n) is 47.6. The van der Waals surface area contributed by atoms with E-state index in [0.717, 1.165) is 38.8 Å². The third-order valence-corrected chi connectivity index (χ3v) is 14.7. The fraction of sp³-hybridized carbons (Fsp3) is 0.311. The molecule has 353 valence electrons. The van der Waals surface area contributed by atoms with Gasteiger partial charge in [-0.15, -0.1) is 53.1 Å². The summed E-state index contributed by atoms with van der Waals surface area (Å²) in [6.07, 6.45) is 1.41. The van der Waals surface area contributed by atoms with Crippen molar-refractivity contribution in [3.63, 3.8) is 0 Å². The van der Waals surface area contributed by atoms with Crippen LogP contribution in [0.4, 0.5) is 4.39 Å². The number of nitrogens with zero attached hydrogens (tertiary/aromatic N) is 3. The van der Waals surface area contributed by atoms with Gasteiger partial charge in [-0.25, -0.2) is 4.39 Å². The second-order valence-corrected chi connectivity index (χ2v) is 26.6. The topological polar surface area (TPSA) is 43.9 Å². The Kier molecular flexibility index (Phi) is 12.0. The number of aromatic nitrogens is 3. The molecule has 68 heavy (non-hydrogen) atoms. The molecule has 0 spiro atoms. The van der Waals surface area contributed by atoms with E-state index < -0.39 is 21.8 Å². The van der Waals surface area contributed by atoms with Crippen LogP contribution in [-0.4, -0.2) is 22.6 Å². The summed E-state index contributed by atoms with van der Waals surface area (Å²) in [4.78, 5) is 9.60. The third kappa shape index (κ3) is 9.73. The van der Waals surface area contributed by atoms with Crippen LogP contribution >= 0.6 is 0 Å². The van der Waals surface area contributed by atoms with Crippen LogP contribution < -0.4 is 5.19 Å². The van der Waals surface area contributed by atoms with Gasteiger partial charge < -0.3 is 14.0 Å². The van der Waals surface area contributed by atoms with E-state index in [4.69, 9.17) is 17.6 Å². The van der Waals surface area contributed by atoms with Crippen LogP contribution in [0.15, 0.2) is 120 Å². The number of pyridine rings is 1. The number of aryl methyl sites for hydroxylation is 2. The van der Waals surface area contributed by atoms with Crippen molar-refractivity contribution in [2.75, 3.05) is 0 Å². The molecule has 3 heterocycles. The molecule has 0 atom stereocenters. The minimum absolute atomic E-state index is 0.